The van der Waals surface area contributed by atoms with Crippen molar-refractivity contribution < 1.29 is 4.42 Å². The van der Waals surface area contributed by atoms with Crippen LogP contribution in [0.2, 0.25) is 0 Å². The molecule has 5 heteroatoms. The Morgan fingerprint density at radius 1 is 1.29 bits per heavy atom. The minimum atomic E-state index is -0.0340. The number of fused-ring (bicyclic) bond motifs is 1. The van der Waals surface area contributed by atoms with Crippen molar-refractivity contribution >= 4 is 22.7 Å². The van der Waals surface area contributed by atoms with E-state index in [0.29, 0.717) is 21.0 Å². The van der Waals surface area contributed by atoms with Crippen LogP contribution in [-0.2, 0) is 0 Å². The molecule has 0 saturated carbocycles. The highest BCUT2D eigenvalue weighted by Crippen LogP contribution is 2.23. The number of hydrogen-bond donors (Lipinski definition) is 1. The molecule has 2 aromatic heterocycles. The molecular formula is C12H8N2O2S. The van der Waals surface area contributed by atoms with Gasteiger partial charge in [0.25, 0.3) is 0 Å². The molecule has 1 N–H and O–H groups in total. The van der Waals surface area contributed by atoms with Gasteiger partial charge in [-0.1, -0.05) is 12.1 Å². The summed E-state index contributed by atoms with van der Waals surface area (Å²) in [7, 11) is 0. The zero-order valence-corrected chi connectivity index (χ0v) is 9.53. The van der Waals surface area contributed by atoms with Crippen molar-refractivity contribution in [2.75, 3.05) is 0 Å². The second-order valence-electron chi connectivity index (χ2n) is 3.42. The van der Waals surface area contributed by atoms with Crippen LogP contribution in [0.25, 0.3) is 11.0 Å². The first kappa shape index (κ1) is 10.2. The highest BCUT2D eigenvalue weighted by atomic mass is 32.2. The molecule has 0 aliphatic heterocycles. The lowest BCUT2D eigenvalue weighted by Crippen LogP contribution is -2.03. The standard InChI is InChI=1S/C12H8N2O2S/c15-11-8-3-1-2-4-9(8)16-7-10(11)17-12-13-5-6-14-12/h1-7H,(H,13,14). The first-order valence-electron chi connectivity index (χ1n) is 5.02. The number of imidazole rings is 1. The Balaban J connectivity index is 2.12. The fourth-order valence-electron chi connectivity index (χ4n) is 1.54. The summed E-state index contributed by atoms with van der Waals surface area (Å²) >= 11 is 1.26. The summed E-state index contributed by atoms with van der Waals surface area (Å²) in [5.74, 6) is 0. The zero-order chi connectivity index (χ0) is 11.7. The van der Waals surface area contributed by atoms with Crippen molar-refractivity contribution in [3.05, 3.63) is 53.1 Å². The molecule has 0 aliphatic rings. The average Bonchev–Trinajstić information content (AvgIpc) is 2.86. The number of nitrogens with zero attached hydrogens (tertiary/aromatic N) is 1. The predicted octanol–water partition coefficient (Wildman–Crippen LogP) is 2.67. The Kier molecular flexibility index (Phi) is 2.45. The van der Waals surface area contributed by atoms with Crippen LogP contribution in [0.4, 0.5) is 0 Å². The highest BCUT2D eigenvalue weighted by molar-refractivity contribution is 7.99. The Hall–Kier alpha value is -2.01. The summed E-state index contributed by atoms with van der Waals surface area (Å²) < 4.78 is 5.41. The molecule has 0 atom stereocenters. The van der Waals surface area contributed by atoms with Gasteiger partial charge in [-0.2, -0.15) is 0 Å². The summed E-state index contributed by atoms with van der Waals surface area (Å²) in [6.07, 6.45) is 4.83. The van der Waals surface area contributed by atoms with Crippen molar-refractivity contribution in [1.82, 2.24) is 9.97 Å². The molecule has 3 aromatic rings. The highest BCUT2D eigenvalue weighted by Gasteiger charge is 2.08. The molecule has 84 valence electrons. The number of hydrogen-bond acceptors (Lipinski definition) is 4. The van der Waals surface area contributed by atoms with E-state index in [1.54, 1.807) is 24.5 Å². The summed E-state index contributed by atoms with van der Waals surface area (Å²) in [6, 6.07) is 7.19. The van der Waals surface area contributed by atoms with Crippen LogP contribution < -0.4 is 5.43 Å². The molecule has 17 heavy (non-hydrogen) atoms. The maximum absolute atomic E-state index is 12.1. The number of benzene rings is 1. The summed E-state index contributed by atoms with van der Waals surface area (Å²) in [6.45, 7) is 0. The van der Waals surface area contributed by atoms with Crippen LogP contribution in [0.3, 0.4) is 0 Å². The smallest absolute Gasteiger partial charge is 0.206 e. The van der Waals surface area contributed by atoms with Gasteiger partial charge in [0.1, 0.15) is 11.8 Å². The molecule has 3 rings (SSSR count). The average molecular weight is 244 g/mol. The van der Waals surface area contributed by atoms with Crippen LogP contribution in [0.5, 0.6) is 0 Å². The van der Waals surface area contributed by atoms with E-state index in [1.807, 2.05) is 12.1 Å². The lowest BCUT2D eigenvalue weighted by molar-refractivity contribution is 0.587. The first-order valence-corrected chi connectivity index (χ1v) is 5.84. The molecule has 0 aliphatic carbocycles. The molecule has 0 bridgehead atoms. The molecule has 0 spiro atoms. The minimum absolute atomic E-state index is 0.0340. The Morgan fingerprint density at radius 3 is 3.00 bits per heavy atom. The van der Waals surface area contributed by atoms with E-state index < -0.39 is 0 Å². The van der Waals surface area contributed by atoms with Gasteiger partial charge < -0.3 is 9.40 Å². The molecule has 0 unspecified atom stereocenters. The van der Waals surface area contributed by atoms with Gasteiger partial charge in [-0.25, -0.2) is 4.98 Å². The third kappa shape index (κ3) is 1.85. The monoisotopic (exact) mass is 244 g/mol. The topological polar surface area (TPSA) is 58.9 Å². The predicted molar refractivity (Wildman–Crippen MR) is 65.2 cm³/mol. The quantitative estimate of drug-likeness (QED) is 0.753. The van der Waals surface area contributed by atoms with Crippen LogP contribution in [0.15, 0.2) is 62.2 Å². The molecule has 2 heterocycles. The maximum atomic E-state index is 12.1. The Labute approximate surface area is 101 Å². The fourth-order valence-corrected chi connectivity index (χ4v) is 2.29. The van der Waals surface area contributed by atoms with Crippen molar-refractivity contribution in [3.63, 3.8) is 0 Å². The van der Waals surface area contributed by atoms with Gasteiger partial charge in [-0.15, -0.1) is 0 Å². The van der Waals surface area contributed by atoms with Gasteiger partial charge >= 0.3 is 0 Å². The maximum Gasteiger partial charge on any atom is 0.206 e. The molecule has 0 fully saturated rings. The third-order valence-corrected chi connectivity index (χ3v) is 3.25. The van der Waals surface area contributed by atoms with E-state index in [1.165, 1.54) is 18.0 Å². The van der Waals surface area contributed by atoms with Gasteiger partial charge in [0.2, 0.25) is 5.43 Å². The van der Waals surface area contributed by atoms with E-state index in [0.717, 1.165) is 0 Å². The molecule has 4 nitrogen and oxygen atoms in total. The lowest BCUT2D eigenvalue weighted by Gasteiger charge is -1.99. The Bertz CT molecular complexity index is 704. The number of para-hydroxylation sites is 1. The van der Waals surface area contributed by atoms with Crippen molar-refractivity contribution in [1.29, 1.82) is 0 Å². The van der Waals surface area contributed by atoms with Crippen LogP contribution in [-0.4, -0.2) is 9.97 Å². The zero-order valence-electron chi connectivity index (χ0n) is 8.71. The molecular weight excluding hydrogens is 236 g/mol. The number of nitrogens with one attached hydrogen (secondary N) is 1. The van der Waals surface area contributed by atoms with E-state index >= 15 is 0 Å². The number of H-pyrrole nitrogens is 1. The summed E-state index contributed by atoms with van der Waals surface area (Å²) in [5.41, 5.74) is 0.564. The molecule has 1 aromatic carbocycles. The second kappa shape index (κ2) is 4.10. The van der Waals surface area contributed by atoms with Gasteiger partial charge in [-0.3, -0.25) is 4.79 Å². The number of aromatic amines is 1. The Morgan fingerprint density at radius 2 is 2.18 bits per heavy atom. The van der Waals surface area contributed by atoms with Crippen molar-refractivity contribution in [3.8, 4) is 0 Å². The van der Waals surface area contributed by atoms with E-state index in [-0.39, 0.29) is 5.43 Å². The third-order valence-electron chi connectivity index (χ3n) is 2.33. The second-order valence-corrected chi connectivity index (χ2v) is 4.45. The minimum Gasteiger partial charge on any atom is -0.463 e. The summed E-state index contributed by atoms with van der Waals surface area (Å²) in [4.78, 5) is 19.7. The normalized spacial score (nSPS) is 10.8. The van der Waals surface area contributed by atoms with Crippen molar-refractivity contribution in [2.24, 2.45) is 0 Å². The van der Waals surface area contributed by atoms with Crippen LogP contribution in [0.1, 0.15) is 0 Å². The molecule has 0 radical (unpaired) electrons. The molecule has 0 amide bonds. The van der Waals surface area contributed by atoms with Gasteiger partial charge in [0.15, 0.2) is 5.16 Å². The van der Waals surface area contributed by atoms with Crippen LogP contribution in [0, 0.1) is 0 Å². The molecule has 0 saturated heterocycles. The van der Waals surface area contributed by atoms with Crippen molar-refractivity contribution in [2.45, 2.75) is 10.1 Å². The van der Waals surface area contributed by atoms with Gasteiger partial charge in [0.05, 0.1) is 10.3 Å². The lowest BCUT2D eigenvalue weighted by atomic mass is 10.2. The number of rotatable bonds is 2. The van der Waals surface area contributed by atoms with Gasteiger partial charge in [-0.05, 0) is 23.9 Å². The van der Waals surface area contributed by atoms with Gasteiger partial charge in [0, 0.05) is 12.4 Å². The largest absolute Gasteiger partial charge is 0.463 e. The van der Waals surface area contributed by atoms with E-state index in [4.69, 9.17) is 4.42 Å². The van der Waals surface area contributed by atoms with Crippen LogP contribution >= 0.6 is 11.8 Å². The number of aromatic nitrogens is 2. The van der Waals surface area contributed by atoms with E-state index in [9.17, 15) is 4.79 Å². The fraction of sp³-hybridized carbons (Fsp3) is 0. The first-order chi connectivity index (χ1) is 8.34. The summed E-state index contributed by atoms with van der Waals surface area (Å²) in [5, 5.41) is 1.26. The van der Waals surface area contributed by atoms with E-state index in [2.05, 4.69) is 9.97 Å². The SMILES string of the molecule is O=c1c(Sc2ncc[nH]2)coc2ccccc12.